The lowest BCUT2D eigenvalue weighted by Crippen LogP contribution is -2.02. The smallest absolute Gasteiger partial charge is 0.214 e. The van der Waals surface area contributed by atoms with Crippen LogP contribution in [0.25, 0.3) is 16.2 Å². The van der Waals surface area contributed by atoms with Crippen molar-refractivity contribution in [2.24, 2.45) is 5.92 Å². The van der Waals surface area contributed by atoms with Gasteiger partial charge in [0.25, 0.3) is 0 Å². The first kappa shape index (κ1) is 12.2. The highest BCUT2D eigenvalue weighted by molar-refractivity contribution is 7.20. The molecule has 1 aliphatic rings. The van der Waals surface area contributed by atoms with Crippen molar-refractivity contribution in [2.45, 2.75) is 12.8 Å². The highest BCUT2D eigenvalue weighted by atomic mass is 35.5. The highest BCUT2D eigenvalue weighted by Crippen LogP contribution is 2.30. The summed E-state index contributed by atoms with van der Waals surface area (Å²) in [6.07, 6.45) is 4.63. The van der Waals surface area contributed by atoms with E-state index in [9.17, 15) is 0 Å². The van der Waals surface area contributed by atoms with Crippen LogP contribution in [-0.2, 0) is 0 Å². The van der Waals surface area contributed by atoms with E-state index in [-0.39, 0.29) is 0 Å². The van der Waals surface area contributed by atoms with E-state index in [0.717, 1.165) is 38.8 Å². The van der Waals surface area contributed by atoms with E-state index in [1.165, 1.54) is 12.8 Å². The molecule has 2 heterocycles. The molecule has 0 bridgehead atoms. The molecule has 4 rings (SSSR count). The van der Waals surface area contributed by atoms with Crippen molar-refractivity contribution < 1.29 is 0 Å². The molecule has 4 nitrogen and oxygen atoms in total. The summed E-state index contributed by atoms with van der Waals surface area (Å²) in [7, 11) is 0. The van der Waals surface area contributed by atoms with Crippen molar-refractivity contribution in [3.63, 3.8) is 0 Å². The van der Waals surface area contributed by atoms with E-state index >= 15 is 0 Å². The molecule has 3 aromatic rings. The van der Waals surface area contributed by atoms with Crippen LogP contribution >= 0.6 is 22.9 Å². The topological polar surface area (TPSA) is 42.2 Å². The molecule has 0 amide bonds. The van der Waals surface area contributed by atoms with Crippen molar-refractivity contribution in [1.29, 1.82) is 0 Å². The van der Waals surface area contributed by atoms with E-state index in [4.69, 9.17) is 11.6 Å². The molecule has 1 N–H and O–H groups in total. The molecule has 6 heteroatoms. The van der Waals surface area contributed by atoms with Crippen molar-refractivity contribution in [1.82, 2.24) is 14.6 Å². The van der Waals surface area contributed by atoms with Crippen LogP contribution in [-0.4, -0.2) is 21.1 Å². The fourth-order valence-electron chi connectivity index (χ4n) is 2.11. The van der Waals surface area contributed by atoms with Gasteiger partial charge in [-0.05, 0) is 30.9 Å². The molecule has 0 spiro atoms. The highest BCUT2D eigenvalue weighted by Gasteiger charge is 2.21. The second-order valence-corrected chi connectivity index (χ2v) is 6.49. The molecule has 0 unspecified atom stereocenters. The lowest BCUT2D eigenvalue weighted by molar-refractivity contribution is 0.874. The van der Waals surface area contributed by atoms with Crippen molar-refractivity contribution in [3.05, 3.63) is 35.5 Å². The van der Waals surface area contributed by atoms with Gasteiger partial charge in [0.1, 0.15) is 0 Å². The molecule has 1 fully saturated rings. The van der Waals surface area contributed by atoms with Crippen molar-refractivity contribution in [3.8, 4) is 11.3 Å². The molecule has 2 aromatic heterocycles. The van der Waals surface area contributed by atoms with E-state index in [1.54, 1.807) is 11.3 Å². The van der Waals surface area contributed by atoms with Crippen LogP contribution in [0.4, 0.5) is 5.13 Å². The molecule has 102 valence electrons. The zero-order chi connectivity index (χ0) is 13.5. The number of fused-ring (bicyclic) bond motifs is 1. The quantitative estimate of drug-likeness (QED) is 0.794. The largest absolute Gasteiger partial charge is 0.360 e. The van der Waals surface area contributed by atoms with Gasteiger partial charge in [0.15, 0.2) is 0 Å². The van der Waals surface area contributed by atoms with Gasteiger partial charge in [0, 0.05) is 17.1 Å². The molecule has 0 radical (unpaired) electrons. The van der Waals surface area contributed by atoms with Gasteiger partial charge in [0.2, 0.25) is 10.1 Å². The molecule has 0 aliphatic heterocycles. The summed E-state index contributed by atoms with van der Waals surface area (Å²) in [5.74, 6) is 0.841. The van der Waals surface area contributed by atoms with Crippen LogP contribution in [0.2, 0.25) is 5.02 Å². The second kappa shape index (κ2) is 4.75. The van der Waals surface area contributed by atoms with Gasteiger partial charge < -0.3 is 5.32 Å². The van der Waals surface area contributed by atoms with E-state index in [0.29, 0.717) is 0 Å². The summed E-state index contributed by atoms with van der Waals surface area (Å²) in [5, 5.41) is 9.55. The van der Waals surface area contributed by atoms with Crippen LogP contribution in [0, 0.1) is 5.92 Å². The molecule has 1 aliphatic carbocycles. The van der Waals surface area contributed by atoms with Gasteiger partial charge in [-0.25, -0.2) is 9.50 Å². The number of rotatable bonds is 4. The third-order valence-electron chi connectivity index (χ3n) is 3.40. The molecular formula is C14H13ClN4S. The fraction of sp³-hybridized carbons (Fsp3) is 0.286. The third kappa shape index (κ3) is 2.39. The minimum absolute atomic E-state index is 0.721. The lowest BCUT2D eigenvalue weighted by Gasteiger charge is -1.98. The Morgan fingerprint density at radius 1 is 1.40 bits per heavy atom. The summed E-state index contributed by atoms with van der Waals surface area (Å²) in [5.41, 5.74) is 1.92. The number of benzene rings is 1. The fourth-order valence-corrected chi connectivity index (χ4v) is 3.09. The van der Waals surface area contributed by atoms with Gasteiger partial charge in [-0.2, -0.15) is 0 Å². The van der Waals surface area contributed by atoms with Gasteiger partial charge in [-0.15, -0.1) is 5.10 Å². The predicted molar refractivity (Wildman–Crippen MR) is 82.5 cm³/mol. The normalized spacial score (nSPS) is 14.8. The molecule has 0 atom stereocenters. The molecule has 0 saturated heterocycles. The van der Waals surface area contributed by atoms with Gasteiger partial charge >= 0.3 is 0 Å². The summed E-state index contributed by atoms with van der Waals surface area (Å²) in [6.45, 7) is 1.03. The van der Waals surface area contributed by atoms with Gasteiger partial charge in [-0.1, -0.05) is 35.1 Å². The standard InChI is InChI=1S/C14H13ClN4S/c15-11-3-1-2-10(6-11)12-8-19-14(17-12)20-13(18-19)16-7-9-4-5-9/h1-3,6,8-9H,4-5,7H2,(H,16,18). The molecule has 1 aromatic carbocycles. The number of halogens is 1. The number of anilines is 1. The number of imidazole rings is 1. The maximum Gasteiger partial charge on any atom is 0.214 e. The Bertz CT molecular complexity index is 728. The Kier molecular flexibility index (Phi) is 2.89. The average molecular weight is 305 g/mol. The predicted octanol–water partition coefficient (Wildman–Crippen LogP) is 3.93. The monoisotopic (exact) mass is 304 g/mol. The summed E-state index contributed by atoms with van der Waals surface area (Å²) >= 11 is 7.60. The molecular weight excluding hydrogens is 292 g/mol. The Balaban J connectivity index is 1.61. The number of hydrogen-bond acceptors (Lipinski definition) is 4. The third-order valence-corrected chi connectivity index (χ3v) is 4.52. The van der Waals surface area contributed by atoms with Gasteiger partial charge in [0.05, 0.1) is 11.9 Å². The zero-order valence-electron chi connectivity index (χ0n) is 10.7. The average Bonchev–Trinajstić information content (AvgIpc) is 3.05. The van der Waals surface area contributed by atoms with E-state index < -0.39 is 0 Å². The summed E-state index contributed by atoms with van der Waals surface area (Å²) in [6, 6.07) is 7.72. The zero-order valence-corrected chi connectivity index (χ0v) is 12.3. The summed E-state index contributed by atoms with van der Waals surface area (Å²) < 4.78 is 1.83. The Morgan fingerprint density at radius 2 is 2.30 bits per heavy atom. The Hall–Kier alpha value is -1.59. The van der Waals surface area contributed by atoms with Crippen molar-refractivity contribution >= 4 is 33.0 Å². The molecule has 1 saturated carbocycles. The van der Waals surface area contributed by atoms with Crippen LogP contribution < -0.4 is 5.32 Å². The van der Waals surface area contributed by atoms with Crippen LogP contribution in [0.15, 0.2) is 30.5 Å². The first-order valence-electron chi connectivity index (χ1n) is 6.64. The summed E-state index contributed by atoms with van der Waals surface area (Å²) in [4.78, 5) is 5.51. The maximum atomic E-state index is 6.01. The number of aromatic nitrogens is 3. The van der Waals surface area contributed by atoms with E-state index in [2.05, 4.69) is 15.4 Å². The first-order valence-corrected chi connectivity index (χ1v) is 7.83. The van der Waals surface area contributed by atoms with Gasteiger partial charge in [-0.3, -0.25) is 0 Å². The van der Waals surface area contributed by atoms with Crippen LogP contribution in [0.3, 0.4) is 0 Å². The van der Waals surface area contributed by atoms with Crippen LogP contribution in [0.1, 0.15) is 12.8 Å². The van der Waals surface area contributed by atoms with Crippen molar-refractivity contribution in [2.75, 3.05) is 11.9 Å². The minimum Gasteiger partial charge on any atom is -0.360 e. The number of hydrogen-bond donors (Lipinski definition) is 1. The number of nitrogens with one attached hydrogen (secondary N) is 1. The maximum absolute atomic E-state index is 6.01. The lowest BCUT2D eigenvalue weighted by atomic mass is 10.2. The van der Waals surface area contributed by atoms with E-state index in [1.807, 2.05) is 35.0 Å². The Morgan fingerprint density at radius 3 is 3.05 bits per heavy atom. The number of nitrogens with zero attached hydrogens (tertiary/aromatic N) is 3. The minimum atomic E-state index is 0.721. The molecule has 20 heavy (non-hydrogen) atoms. The second-order valence-electron chi connectivity index (χ2n) is 5.10. The SMILES string of the molecule is Clc1cccc(-c2cn3nc(NCC4CC4)sc3n2)c1. The Labute approximate surface area is 125 Å². The first-order chi connectivity index (χ1) is 9.78. The van der Waals surface area contributed by atoms with Crippen LogP contribution in [0.5, 0.6) is 0 Å².